The summed E-state index contributed by atoms with van der Waals surface area (Å²) in [5.41, 5.74) is 6.54. The first-order chi connectivity index (χ1) is 19.8. The van der Waals surface area contributed by atoms with E-state index >= 15 is 0 Å². The van der Waals surface area contributed by atoms with Crippen LogP contribution in [0.25, 0.3) is 11.6 Å². The van der Waals surface area contributed by atoms with Gasteiger partial charge in [-0.15, -0.1) is 0 Å². The van der Waals surface area contributed by atoms with Crippen LogP contribution < -0.4 is 10.9 Å². The Labute approximate surface area is 242 Å². The summed E-state index contributed by atoms with van der Waals surface area (Å²) in [6.45, 7) is 11.5. The van der Waals surface area contributed by atoms with Gasteiger partial charge >= 0.3 is 0 Å². The van der Waals surface area contributed by atoms with Gasteiger partial charge in [0.05, 0.1) is 41.4 Å². The maximum atomic E-state index is 13.2. The van der Waals surface area contributed by atoms with E-state index in [9.17, 15) is 14.7 Å². The van der Waals surface area contributed by atoms with Crippen molar-refractivity contribution in [2.75, 3.05) is 19.6 Å². The van der Waals surface area contributed by atoms with E-state index in [-0.39, 0.29) is 17.2 Å². The predicted molar refractivity (Wildman–Crippen MR) is 167 cm³/mol. The number of hydrogen-bond donors (Lipinski definition) is 3. The number of amides is 1. The summed E-state index contributed by atoms with van der Waals surface area (Å²) >= 11 is 0. The van der Waals surface area contributed by atoms with Gasteiger partial charge in [-0.2, -0.15) is 0 Å². The number of carbonyl (C=O) groups excluding carboxylic acids is 1. The normalized spacial score (nSPS) is 18.5. The molecular formula is C33H41N5O3. The van der Waals surface area contributed by atoms with Crippen molar-refractivity contribution in [3.8, 4) is 0 Å². The second-order valence-corrected chi connectivity index (χ2v) is 10.7. The number of nitrogens with one attached hydrogen (secondary N) is 2. The number of aliphatic hydroxyl groups is 1. The van der Waals surface area contributed by atoms with Crippen molar-refractivity contribution in [1.29, 1.82) is 0 Å². The van der Waals surface area contributed by atoms with Crippen LogP contribution in [0.3, 0.4) is 0 Å². The number of carbonyl (C=O) groups is 1. The molecule has 1 atom stereocenters. The van der Waals surface area contributed by atoms with Crippen LogP contribution in [0.5, 0.6) is 0 Å². The van der Waals surface area contributed by atoms with Crippen molar-refractivity contribution >= 4 is 23.8 Å². The molecule has 1 saturated heterocycles. The van der Waals surface area contributed by atoms with Gasteiger partial charge in [-0.3, -0.25) is 24.4 Å². The summed E-state index contributed by atoms with van der Waals surface area (Å²) in [6.07, 6.45) is 16.3. The number of benzene rings is 1. The molecule has 41 heavy (non-hydrogen) atoms. The molecule has 8 heteroatoms. The minimum atomic E-state index is -0.235. The monoisotopic (exact) mass is 555 g/mol. The molecule has 1 fully saturated rings. The van der Waals surface area contributed by atoms with Crippen molar-refractivity contribution in [3.63, 3.8) is 0 Å². The van der Waals surface area contributed by atoms with E-state index < -0.39 is 0 Å². The van der Waals surface area contributed by atoms with Gasteiger partial charge in [-0.1, -0.05) is 54.5 Å². The third-order valence-electron chi connectivity index (χ3n) is 7.48. The van der Waals surface area contributed by atoms with Gasteiger partial charge in [0.15, 0.2) is 0 Å². The highest BCUT2D eigenvalue weighted by atomic mass is 16.3. The number of allylic oxidation sites excluding steroid dienone is 7. The molecule has 2 heterocycles. The first-order valence-corrected chi connectivity index (χ1v) is 14.3. The van der Waals surface area contributed by atoms with Crippen LogP contribution in [0.15, 0.2) is 76.0 Å². The third-order valence-corrected chi connectivity index (χ3v) is 7.48. The van der Waals surface area contributed by atoms with Crippen molar-refractivity contribution in [2.24, 2.45) is 4.99 Å². The van der Waals surface area contributed by atoms with Crippen LogP contribution in [0.2, 0.25) is 0 Å². The molecule has 1 aliphatic heterocycles. The van der Waals surface area contributed by atoms with Crippen LogP contribution in [0, 0.1) is 13.8 Å². The Kier molecular flexibility index (Phi) is 10.1. The number of rotatable bonds is 11. The van der Waals surface area contributed by atoms with E-state index in [1.54, 1.807) is 23.0 Å². The maximum Gasteiger partial charge on any atom is 0.274 e. The van der Waals surface area contributed by atoms with Gasteiger partial charge in [-0.25, -0.2) is 0 Å². The molecule has 1 aromatic carbocycles. The van der Waals surface area contributed by atoms with Gasteiger partial charge in [0.1, 0.15) is 0 Å². The van der Waals surface area contributed by atoms with Gasteiger partial charge in [-0.05, 0) is 76.1 Å². The molecule has 216 valence electrons. The van der Waals surface area contributed by atoms with Gasteiger partial charge in [0.2, 0.25) is 6.41 Å². The van der Waals surface area contributed by atoms with Crippen LogP contribution >= 0.6 is 0 Å². The number of aliphatic hydroxyl groups excluding tert-OH is 1. The van der Waals surface area contributed by atoms with E-state index in [1.165, 1.54) is 12.8 Å². The second kappa shape index (κ2) is 13.9. The molecule has 0 bridgehead atoms. The van der Waals surface area contributed by atoms with Gasteiger partial charge in [0, 0.05) is 18.7 Å². The summed E-state index contributed by atoms with van der Waals surface area (Å²) in [5.74, 6) is 0.00346. The lowest BCUT2D eigenvalue weighted by Crippen LogP contribution is -2.28. The zero-order chi connectivity index (χ0) is 29.4. The zero-order valence-electron chi connectivity index (χ0n) is 24.5. The number of fused-ring (bicyclic) bond motifs is 1. The molecule has 0 radical (unpaired) electrons. The number of likely N-dealkylation sites (tertiary alicyclic amines) is 1. The number of aromatic nitrogens is 2. The molecule has 2 aliphatic rings. The lowest BCUT2D eigenvalue weighted by atomic mass is 9.98. The Morgan fingerprint density at radius 1 is 1.12 bits per heavy atom. The smallest absolute Gasteiger partial charge is 0.274 e. The quantitative estimate of drug-likeness (QED) is 0.147. The largest absolute Gasteiger partial charge is 0.512 e. The average molecular weight is 556 g/mol. The SMILES string of the molecule is CC\C(O)=C/C(=C\C(=C\N=C(C)C1C=CC=Cc2c1[nH]n(CCN1CCCC1)c2=O)NC=O)c1cc(C)cc(C)c1. The van der Waals surface area contributed by atoms with Crippen LogP contribution in [-0.2, 0) is 11.3 Å². The Morgan fingerprint density at radius 3 is 2.54 bits per heavy atom. The average Bonchev–Trinajstić information content (AvgIpc) is 3.51. The Balaban J connectivity index is 1.67. The van der Waals surface area contributed by atoms with Crippen LogP contribution in [-0.4, -0.2) is 51.5 Å². The van der Waals surface area contributed by atoms with Gasteiger partial charge < -0.3 is 15.3 Å². The molecule has 4 rings (SSSR count). The molecule has 2 aromatic rings. The van der Waals surface area contributed by atoms with Gasteiger partial charge in [0.25, 0.3) is 5.56 Å². The summed E-state index contributed by atoms with van der Waals surface area (Å²) in [7, 11) is 0. The summed E-state index contributed by atoms with van der Waals surface area (Å²) in [4.78, 5) is 31.8. The van der Waals surface area contributed by atoms with Crippen molar-refractivity contribution in [2.45, 2.75) is 59.4 Å². The molecule has 1 aromatic heterocycles. The van der Waals surface area contributed by atoms with Crippen molar-refractivity contribution in [1.82, 2.24) is 20.0 Å². The summed E-state index contributed by atoms with van der Waals surface area (Å²) < 4.78 is 1.70. The fourth-order valence-corrected chi connectivity index (χ4v) is 5.33. The fraction of sp³-hybridized carbons (Fsp3) is 0.364. The van der Waals surface area contributed by atoms with E-state index in [2.05, 4.69) is 21.4 Å². The fourth-order valence-electron chi connectivity index (χ4n) is 5.33. The molecule has 1 unspecified atom stereocenters. The van der Waals surface area contributed by atoms with Crippen LogP contribution in [0.1, 0.15) is 67.0 Å². The van der Waals surface area contributed by atoms with Crippen LogP contribution in [0.4, 0.5) is 0 Å². The number of aryl methyl sites for hydroxylation is 2. The lowest BCUT2D eigenvalue weighted by molar-refractivity contribution is -0.108. The maximum absolute atomic E-state index is 13.2. The Bertz CT molecular complexity index is 1470. The Hall–Kier alpha value is -4.17. The van der Waals surface area contributed by atoms with E-state index in [0.29, 0.717) is 30.6 Å². The first kappa shape index (κ1) is 29.8. The molecule has 8 nitrogen and oxygen atoms in total. The minimum absolute atomic E-state index is 0.0284. The predicted octanol–water partition coefficient (Wildman–Crippen LogP) is 5.54. The molecular weight excluding hydrogens is 514 g/mol. The number of nitrogens with zero attached hydrogens (tertiary/aromatic N) is 3. The standard InChI is InChI=1S/C33H41N5O3/c1-5-29(40)20-27(26-17-23(2)16-24(3)18-26)19-28(35-22-39)21-34-25(4)30-10-6-7-11-31-32(30)36-38(33(31)41)15-14-37-12-8-9-13-37/h6-7,10-11,16-22,30,36,40H,5,8-9,12-15H2,1-4H3,(H,35,39)/b27-19+,28-21-,29-20+,34-25?. The summed E-state index contributed by atoms with van der Waals surface area (Å²) in [5, 5.41) is 16.4. The molecule has 0 saturated carbocycles. The molecule has 3 N–H and O–H groups in total. The number of aromatic amines is 1. The topological polar surface area (TPSA) is 103 Å². The summed E-state index contributed by atoms with van der Waals surface area (Å²) in [6, 6.07) is 6.17. The lowest BCUT2D eigenvalue weighted by Gasteiger charge is -2.14. The van der Waals surface area contributed by atoms with Crippen molar-refractivity contribution in [3.05, 3.63) is 105 Å². The molecule has 0 spiro atoms. The number of H-pyrrole nitrogens is 1. The highest BCUT2D eigenvalue weighted by molar-refractivity contribution is 5.92. The highest BCUT2D eigenvalue weighted by Gasteiger charge is 2.23. The van der Waals surface area contributed by atoms with E-state index in [4.69, 9.17) is 4.99 Å². The zero-order valence-corrected chi connectivity index (χ0v) is 24.5. The minimum Gasteiger partial charge on any atom is -0.512 e. The van der Waals surface area contributed by atoms with E-state index in [0.717, 1.165) is 53.3 Å². The Morgan fingerprint density at radius 2 is 1.85 bits per heavy atom. The molecule has 1 aliphatic carbocycles. The number of hydrogen-bond acceptors (Lipinski definition) is 5. The second-order valence-electron chi connectivity index (χ2n) is 10.7. The molecule has 1 amide bonds. The van der Waals surface area contributed by atoms with E-state index in [1.807, 2.05) is 64.1 Å². The highest BCUT2D eigenvalue weighted by Crippen LogP contribution is 2.25. The number of aliphatic imine (C=N–C) groups is 1. The first-order valence-electron chi connectivity index (χ1n) is 14.3. The third kappa shape index (κ3) is 7.73. The van der Waals surface area contributed by atoms with Crippen molar-refractivity contribution < 1.29 is 9.90 Å².